The topological polar surface area (TPSA) is 135 Å². The van der Waals surface area contributed by atoms with E-state index in [2.05, 4.69) is 26.3 Å². The van der Waals surface area contributed by atoms with E-state index in [0.717, 1.165) is 12.0 Å². The number of rotatable bonds is 7. The number of anilines is 2. The largest absolute Gasteiger partial charge is 0.508 e. The number of phenols is 1. The normalized spacial score (nSPS) is 15.7. The van der Waals surface area contributed by atoms with E-state index in [1.165, 1.54) is 5.56 Å². The molecule has 162 valence electrons. The molecule has 9 nitrogen and oxygen atoms in total. The van der Waals surface area contributed by atoms with Crippen molar-refractivity contribution in [2.75, 3.05) is 36.6 Å². The van der Waals surface area contributed by atoms with Crippen molar-refractivity contribution in [1.29, 1.82) is 0 Å². The van der Waals surface area contributed by atoms with Crippen LogP contribution >= 0.6 is 0 Å². The Morgan fingerprint density at radius 2 is 1.81 bits per heavy atom. The van der Waals surface area contributed by atoms with Crippen molar-refractivity contribution in [1.82, 2.24) is 15.0 Å². The molecule has 0 bridgehead atoms. The van der Waals surface area contributed by atoms with Crippen LogP contribution in [0.25, 0.3) is 11.4 Å². The molecule has 1 aromatic heterocycles. The maximum absolute atomic E-state index is 10.2. The van der Waals surface area contributed by atoms with Crippen LogP contribution in [0.1, 0.15) is 17.2 Å². The lowest BCUT2D eigenvalue weighted by Crippen LogP contribution is -2.39. The number of hydrogen-bond acceptors (Lipinski definition) is 9. The molecule has 3 aromatic rings. The second kappa shape index (κ2) is 9.25. The van der Waals surface area contributed by atoms with Crippen molar-refractivity contribution < 1.29 is 20.4 Å². The first kappa shape index (κ1) is 21.0. The lowest BCUT2D eigenvalue weighted by Gasteiger charge is -2.36. The lowest BCUT2D eigenvalue weighted by molar-refractivity contribution is 0.203. The Hall–Kier alpha value is -3.27. The van der Waals surface area contributed by atoms with Gasteiger partial charge in [-0.15, -0.1) is 0 Å². The van der Waals surface area contributed by atoms with E-state index in [1.54, 1.807) is 24.3 Å². The van der Waals surface area contributed by atoms with Gasteiger partial charge in [0, 0.05) is 12.1 Å². The molecule has 1 aliphatic rings. The molecule has 0 aliphatic carbocycles. The predicted molar refractivity (Wildman–Crippen MR) is 116 cm³/mol. The average Bonchev–Trinajstić information content (AvgIpc) is 2.81. The van der Waals surface area contributed by atoms with Gasteiger partial charge in [0.25, 0.3) is 0 Å². The maximum atomic E-state index is 10.2. The fourth-order valence-corrected chi connectivity index (χ4v) is 3.75. The molecule has 4 rings (SSSR count). The van der Waals surface area contributed by atoms with Gasteiger partial charge in [0.1, 0.15) is 5.75 Å². The fourth-order valence-electron chi connectivity index (χ4n) is 3.75. The van der Waals surface area contributed by atoms with Crippen molar-refractivity contribution >= 4 is 11.9 Å². The summed E-state index contributed by atoms with van der Waals surface area (Å²) < 4.78 is 0. The fraction of sp³-hybridized carbons (Fsp3) is 0.318. The first-order chi connectivity index (χ1) is 15.1. The van der Waals surface area contributed by atoms with E-state index in [4.69, 9.17) is 0 Å². The molecule has 2 heterocycles. The minimum atomic E-state index is -0.636. The van der Waals surface area contributed by atoms with Gasteiger partial charge in [-0.3, -0.25) is 0 Å². The third-order valence-electron chi connectivity index (χ3n) is 5.34. The second-order valence-electron chi connectivity index (χ2n) is 7.38. The van der Waals surface area contributed by atoms with Gasteiger partial charge in [0.2, 0.25) is 11.9 Å². The summed E-state index contributed by atoms with van der Waals surface area (Å²) in [7, 11) is 0. The van der Waals surface area contributed by atoms with Crippen LogP contribution in [0.15, 0.2) is 48.5 Å². The van der Waals surface area contributed by atoms with Crippen LogP contribution in [0.3, 0.4) is 0 Å². The number of hydrogen-bond donors (Lipinski definition) is 5. The lowest BCUT2D eigenvalue weighted by atomic mass is 9.93. The first-order valence-corrected chi connectivity index (χ1v) is 10.1. The van der Waals surface area contributed by atoms with E-state index in [9.17, 15) is 20.4 Å². The van der Waals surface area contributed by atoms with Crippen molar-refractivity contribution in [3.05, 3.63) is 59.7 Å². The van der Waals surface area contributed by atoms with Gasteiger partial charge in [-0.1, -0.05) is 36.4 Å². The highest BCUT2D eigenvalue weighted by Gasteiger charge is 2.29. The number of nitrogens with zero attached hydrogens (tertiary/aromatic N) is 4. The van der Waals surface area contributed by atoms with Gasteiger partial charge < -0.3 is 30.6 Å². The number of benzene rings is 2. The van der Waals surface area contributed by atoms with Crippen LogP contribution in [-0.2, 0) is 6.42 Å². The van der Waals surface area contributed by atoms with Gasteiger partial charge in [-0.05, 0) is 29.7 Å². The number of fused-ring (bicyclic) bond motifs is 1. The molecule has 0 saturated carbocycles. The smallest absolute Gasteiger partial charge is 0.231 e. The summed E-state index contributed by atoms with van der Waals surface area (Å²) in [4.78, 5) is 15.5. The summed E-state index contributed by atoms with van der Waals surface area (Å²) in [6.45, 7) is -0.0952. The molecule has 0 radical (unpaired) electrons. The Morgan fingerprint density at radius 1 is 1.00 bits per heavy atom. The standard InChI is InChI=1S/C22H25N5O4/c28-11-16(12-29)23-21-24-20(15-5-3-6-17(31)10-15)25-22(26-21)27-9-8-14-4-1-2-7-18(14)19(27)13-30/h1-7,10,16,19,28-31H,8-9,11-13H2,(H,23,24,25,26)/t19-/m0/s1. The number of phenolic OH excluding ortho intramolecular Hbond substituents is 1. The monoisotopic (exact) mass is 423 g/mol. The highest BCUT2D eigenvalue weighted by molar-refractivity contribution is 5.61. The Bertz CT molecular complexity index is 1040. The summed E-state index contributed by atoms with van der Waals surface area (Å²) in [5.74, 6) is 0.956. The average molecular weight is 423 g/mol. The number of aliphatic hydroxyl groups excluding tert-OH is 3. The SMILES string of the molecule is OCC(CO)Nc1nc(-c2cccc(O)c2)nc(N2CCc3ccccc3[C@@H]2CO)n1. The molecule has 0 amide bonds. The molecule has 1 aliphatic heterocycles. The molecular formula is C22H25N5O4. The van der Waals surface area contributed by atoms with E-state index in [0.29, 0.717) is 23.9 Å². The predicted octanol–water partition coefficient (Wildman–Crippen LogP) is 1.11. The highest BCUT2D eigenvalue weighted by Crippen LogP contribution is 2.33. The Balaban J connectivity index is 1.78. The first-order valence-electron chi connectivity index (χ1n) is 10.1. The Kier molecular flexibility index (Phi) is 6.26. The van der Waals surface area contributed by atoms with Gasteiger partial charge in [-0.2, -0.15) is 15.0 Å². The van der Waals surface area contributed by atoms with E-state index in [1.807, 2.05) is 23.1 Å². The van der Waals surface area contributed by atoms with E-state index < -0.39 is 6.04 Å². The third-order valence-corrected chi connectivity index (χ3v) is 5.34. The van der Waals surface area contributed by atoms with Crippen LogP contribution in [0.4, 0.5) is 11.9 Å². The summed E-state index contributed by atoms with van der Waals surface area (Å²) in [5.41, 5.74) is 2.79. The summed E-state index contributed by atoms with van der Waals surface area (Å²) in [5, 5.41) is 41.8. The van der Waals surface area contributed by atoms with Crippen LogP contribution < -0.4 is 10.2 Å². The van der Waals surface area contributed by atoms with Gasteiger partial charge in [0.05, 0.1) is 31.9 Å². The minimum absolute atomic E-state index is 0.0812. The van der Waals surface area contributed by atoms with E-state index in [-0.39, 0.29) is 37.6 Å². The van der Waals surface area contributed by atoms with Gasteiger partial charge in [-0.25, -0.2) is 0 Å². The summed E-state index contributed by atoms with van der Waals surface area (Å²) in [6.07, 6.45) is 0.776. The van der Waals surface area contributed by atoms with Gasteiger partial charge in [0.15, 0.2) is 5.82 Å². The zero-order valence-electron chi connectivity index (χ0n) is 16.9. The van der Waals surface area contributed by atoms with Crippen LogP contribution in [0.2, 0.25) is 0 Å². The molecule has 0 unspecified atom stereocenters. The zero-order chi connectivity index (χ0) is 21.8. The van der Waals surface area contributed by atoms with Crippen molar-refractivity contribution in [3.8, 4) is 17.1 Å². The van der Waals surface area contributed by atoms with Crippen molar-refractivity contribution in [3.63, 3.8) is 0 Å². The molecule has 0 saturated heterocycles. The molecule has 5 N–H and O–H groups in total. The number of aromatic hydroxyl groups is 1. The van der Waals surface area contributed by atoms with E-state index >= 15 is 0 Å². The van der Waals surface area contributed by atoms with Crippen LogP contribution in [0, 0.1) is 0 Å². The highest BCUT2D eigenvalue weighted by atomic mass is 16.3. The van der Waals surface area contributed by atoms with Crippen LogP contribution in [0.5, 0.6) is 5.75 Å². The molecule has 31 heavy (non-hydrogen) atoms. The third kappa shape index (κ3) is 4.43. The maximum Gasteiger partial charge on any atom is 0.231 e. The summed E-state index contributed by atoms with van der Waals surface area (Å²) in [6, 6.07) is 13.6. The molecule has 1 atom stereocenters. The molecule has 9 heteroatoms. The molecule has 0 fully saturated rings. The quantitative estimate of drug-likeness (QED) is 0.379. The Labute approximate surface area is 179 Å². The minimum Gasteiger partial charge on any atom is -0.508 e. The summed E-state index contributed by atoms with van der Waals surface area (Å²) >= 11 is 0. The zero-order valence-corrected chi connectivity index (χ0v) is 16.9. The molecular weight excluding hydrogens is 398 g/mol. The second-order valence-corrected chi connectivity index (χ2v) is 7.38. The van der Waals surface area contributed by atoms with Crippen LogP contribution in [-0.4, -0.2) is 67.8 Å². The number of aliphatic hydroxyl groups is 3. The Morgan fingerprint density at radius 3 is 2.55 bits per heavy atom. The number of nitrogens with one attached hydrogen (secondary N) is 1. The number of aromatic nitrogens is 3. The molecule has 0 spiro atoms. The van der Waals surface area contributed by atoms with Crippen molar-refractivity contribution in [2.45, 2.75) is 18.5 Å². The molecule has 2 aromatic carbocycles. The van der Waals surface area contributed by atoms with Crippen molar-refractivity contribution in [2.24, 2.45) is 0 Å². The van der Waals surface area contributed by atoms with Gasteiger partial charge >= 0.3 is 0 Å².